The molecule has 0 saturated heterocycles. The van der Waals surface area contributed by atoms with Crippen LogP contribution in [0, 0.1) is 0 Å². The number of pyridine rings is 1. The van der Waals surface area contributed by atoms with Crippen LogP contribution in [0.5, 0.6) is 0 Å². The average molecular weight is 478 g/mol. The van der Waals surface area contributed by atoms with Crippen molar-refractivity contribution in [2.45, 2.75) is 33.1 Å². The zero-order valence-corrected chi connectivity index (χ0v) is 19.9. The Morgan fingerprint density at radius 3 is 2.38 bits per heavy atom. The largest absolute Gasteiger partial charge is 0.342 e. The van der Waals surface area contributed by atoms with E-state index in [1.54, 1.807) is 18.2 Å². The van der Waals surface area contributed by atoms with Gasteiger partial charge in [0.25, 0.3) is 0 Å². The van der Waals surface area contributed by atoms with E-state index in [9.17, 15) is 9.59 Å². The molecule has 0 bridgehead atoms. The fraction of sp³-hybridized carbons (Fsp3) is 0.348. The Bertz CT molecular complexity index is 1060. The van der Waals surface area contributed by atoms with Crippen LogP contribution in [0.15, 0.2) is 42.6 Å². The number of amides is 2. The Morgan fingerprint density at radius 2 is 1.78 bits per heavy atom. The molecule has 2 aromatic heterocycles. The predicted octanol–water partition coefficient (Wildman–Crippen LogP) is 4.16. The lowest BCUT2D eigenvalue weighted by Crippen LogP contribution is -2.34. The van der Waals surface area contributed by atoms with E-state index in [-0.39, 0.29) is 37.2 Å². The van der Waals surface area contributed by atoms with Crippen molar-refractivity contribution < 1.29 is 9.59 Å². The number of anilines is 1. The third kappa shape index (κ3) is 5.79. The summed E-state index contributed by atoms with van der Waals surface area (Å²) in [6.45, 7) is 5.44. The van der Waals surface area contributed by atoms with Crippen LogP contribution in [-0.4, -0.2) is 45.7 Å². The van der Waals surface area contributed by atoms with Gasteiger partial charge in [-0.1, -0.05) is 37.6 Å². The van der Waals surface area contributed by atoms with Crippen molar-refractivity contribution in [3.8, 4) is 11.3 Å². The molecule has 7 nitrogen and oxygen atoms in total. The average Bonchev–Trinajstić information content (AvgIpc) is 3.13. The number of hydrogen-bond acceptors (Lipinski definition) is 4. The van der Waals surface area contributed by atoms with Crippen LogP contribution < -0.4 is 11.1 Å². The zero-order valence-electron chi connectivity index (χ0n) is 18.3. The molecule has 172 valence electrons. The number of carbonyl (C=O) groups is 2. The summed E-state index contributed by atoms with van der Waals surface area (Å²) in [6, 6.07) is 10.9. The number of nitrogens with one attached hydrogen (secondary N) is 1. The first-order valence-electron chi connectivity index (χ1n) is 10.5. The molecule has 0 aliphatic carbocycles. The van der Waals surface area contributed by atoms with Gasteiger partial charge in [-0.25, -0.2) is 4.98 Å². The highest BCUT2D eigenvalue weighted by Gasteiger charge is 2.21. The van der Waals surface area contributed by atoms with Crippen molar-refractivity contribution in [3.63, 3.8) is 0 Å². The molecule has 0 saturated carbocycles. The summed E-state index contributed by atoms with van der Waals surface area (Å²) < 4.78 is 1.87. The summed E-state index contributed by atoms with van der Waals surface area (Å²) in [7, 11) is 0. The quantitative estimate of drug-likeness (QED) is 0.483. The normalized spacial score (nSPS) is 10.6. The summed E-state index contributed by atoms with van der Waals surface area (Å²) in [5.41, 5.74) is 8.88. The van der Waals surface area contributed by atoms with E-state index in [0.29, 0.717) is 22.1 Å². The van der Waals surface area contributed by atoms with E-state index < -0.39 is 0 Å². The molecule has 2 amide bonds. The lowest BCUT2D eigenvalue weighted by molar-refractivity contribution is -0.130. The Morgan fingerprint density at radius 1 is 1.12 bits per heavy atom. The number of benzene rings is 1. The van der Waals surface area contributed by atoms with E-state index >= 15 is 0 Å². The van der Waals surface area contributed by atoms with Gasteiger partial charge < -0.3 is 20.4 Å². The minimum absolute atomic E-state index is 0. The van der Waals surface area contributed by atoms with Gasteiger partial charge in [0.2, 0.25) is 11.8 Å². The lowest BCUT2D eigenvalue weighted by atomic mass is 10.1. The molecule has 0 fully saturated rings. The second kappa shape index (κ2) is 11.9. The van der Waals surface area contributed by atoms with Crippen LogP contribution in [0.4, 0.5) is 5.69 Å². The molecular formula is C23H29Cl2N5O2. The Labute approximate surface area is 199 Å². The number of aromatic nitrogens is 2. The van der Waals surface area contributed by atoms with Gasteiger partial charge in [-0.2, -0.15) is 0 Å². The standard InChI is InChI=1S/C23H28ClN5O2.ClH/c1-3-11-28(12-4-2)21(31)14-19-22(16-7-9-17(24)10-8-16)27-23-18(26-20(30)15-25)6-5-13-29(19)23;/h5-10,13H,3-4,11-12,14-15,25H2,1-2H3,(H,26,30);1H. The number of hydrogen-bond donors (Lipinski definition) is 2. The van der Waals surface area contributed by atoms with Crippen molar-refractivity contribution in [1.82, 2.24) is 14.3 Å². The number of nitrogens with two attached hydrogens (primary N) is 1. The molecule has 0 radical (unpaired) electrons. The minimum atomic E-state index is -0.307. The molecule has 3 N–H and O–H groups in total. The number of imidazole rings is 1. The maximum atomic E-state index is 13.2. The van der Waals surface area contributed by atoms with Crippen LogP contribution in [0.2, 0.25) is 5.02 Å². The first-order valence-corrected chi connectivity index (χ1v) is 10.9. The van der Waals surface area contributed by atoms with Crippen LogP contribution in [0.3, 0.4) is 0 Å². The lowest BCUT2D eigenvalue weighted by Gasteiger charge is -2.21. The van der Waals surface area contributed by atoms with Crippen molar-refractivity contribution in [2.24, 2.45) is 5.73 Å². The summed E-state index contributed by atoms with van der Waals surface area (Å²) >= 11 is 6.07. The second-order valence-corrected chi connectivity index (χ2v) is 7.78. The molecule has 0 aliphatic rings. The van der Waals surface area contributed by atoms with Crippen molar-refractivity contribution in [3.05, 3.63) is 53.3 Å². The van der Waals surface area contributed by atoms with Gasteiger partial charge in [-0.15, -0.1) is 12.4 Å². The number of carbonyl (C=O) groups excluding carboxylic acids is 2. The highest BCUT2D eigenvalue weighted by Crippen LogP contribution is 2.29. The SMILES string of the molecule is CCCN(CCC)C(=O)Cc1c(-c2ccc(Cl)cc2)nc2c(NC(=O)CN)cccn12.Cl. The molecule has 1 aromatic carbocycles. The summed E-state index contributed by atoms with van der Waals surface area (Å²) in [5, 5.41) is 3.41. The second-order valence-electron chi connectivity index (χ2n) is 7.34. The van der Waals surface area contributed by atoms with E-state index in [2.05, 4.69) is 19.2 Å². The Balaban J connectivity index is 0.00000363. The van der Waals surface area contributed by atoms with Crippen LogP contribution in [-0.2, 0) is 16.0 Å². The number of nitrogens with zero attached hydrogens (tertiary/aromatic N) is 3. The summed E-state index contributed by atoms with van der Waals surface area (Å²) in [6.07, 6.45) is 3.86. The molecule has 0 aliphatic heterocycles. The van der Waals surface area contributed by atoms with Gasteiger partial charge in [0, 0.05) is 29.9 Å². The fourth-order valence-electron chi connectivity index (χ4n) is 3.58. The molecular weight excluding hydrogens is 449 g/mol. The molecule has 3 rings (SSSR count). The van der Waals surface area contributed by atoms with E-state index in [4.69, 9.17) is 22.3 Å². The van der Waals surface area contributed by atoms with Crippen LogP contribution in [0.1, 0.15) is 32.4 Å². The maximum absolute atomic E-state index is 13.2. The zero-order chi connectivity index (χ0) is 22.4. The van der Waals surface area contributed by atoms with E-state index in [0.717, 1.165) is 37.2 Å². The molecule has 2 heterocycles. The smallest absolute Gasteiger partial charge is 0.238 e. The predicted molar refractivity (Wildman–Crippen MR) is 131 cm³/mol. The third-order valence-corrected chi connectivity index (χ3v) is 5.24. The Hall–Kier alpha value is -2.61. The van der Waals surface area contributed by atoms with Crippen molar-refractivity contribution in [1.29, 1.82) is 0 Å². The monoisotopic (exact) mass is 477 g/mol. The van der Waals surface area contributed by atoms with Gasteiger partial charge in [0.15, 0.2) is 5.65 Å². The van der Waals surface area contributed by atoms with Gasteiger partial charge in [0.05, 0.1) is 30.0 Å². The van der Waals surface area contributed by atoms with Gasteiger partial charge >= 0.3 is 0 Å². The number of fused-ring (bicyclic) bond motifs is 1. The van der Waals surface area contributed by atoms with Crippen LogP contribution >= 0.6 is 24.0 Å². The molecule has 9 heteroatoms. The van der Waals surface area contributed by atoms with Gasteiger partial charge in [-0.3, -0.25) is 9.59 Å². The number of halogens is 2. The molecule has 3 aromatic rings. The van der Waals surface area contributed by atoms with Crippen molar-refractivity contribution >= 4 is 47.2 Å². The molecule has 0 unspecified atom stereocenters. The van der Waals surface area contributed by atoms with Crippen LogP contribution in [0.25, 0.3) is 16.9 Å². The van der Waals surface area contributed by atoms with Gasteiger partial charge in [-0.05, 0) is 37.1 Å². The topological polar surface area (TPSA) is 92.7 Å². The fourth-order valence-corrected chi connectivity index (χ4v) is 3.71. The maximum Gasteiger partial charge on any atom is 0.238 e. The van der Waals surface area contributed by atoms with E-state index in [1.165, 1.54) is 0 Å². The minimum Gasteiger partial charge on any atom is -0.342 e. The third-order valence-electron chi connectivity index (χ3n) is 4.98. The van der Waals surface area contributed by atoms with E-state index in [1.807, 2.05) is 33.7 Å². The molecule has 0 spiro atoms. The summed E-state index contributed by atoms with van der Waals surface area (Å²) in [4.78, 5) is 31.7. The van der Waals surface area contributed by atoms with Crippen molar-refractivity contribution in [2.75, 3.05) is 25.0 Å². The number of rotatable bonds is 9. The highest BCUT2D eigenvalue weighted by atomic mass is 35.5. The first-order chi connectivity index (χ1) is 15.0. The highest BCUT2D eigenvalue weighted by molar-refractivity contribution is 6.30. The first kappa shape index (κ1) is 25.6. The van der Waals surface area contributed by atoms with Gasteiger partial charge in [0.1, 0.15) is 0 Å². The molecule has 0 atom stereocenters. The summed E-state index contributed by atoms with van der Waals surface area (Å²) in [5.74, 6) is -0.254. The molecule has 32 heavy (non-hydrogen) atoms. The Kier molecular flexibility index (Phi) is 9.50.